The van der Waals surface area contributed by atoms with Crippen molar-refractivity contribution < 1.29 is 14.6 Å². The van der Waals surface area contributed by atoms with E-state index in [1.807, 2.05) is 37.3 Å². The molecule has 1 N–H and O–H groups in total. The Labute approximate surface area is 140 Å². The highest BCUT2D eigenvalue weighted by Crippen LogP contribution is 2.39. The maximum atomic E-state index is 12.2. The van der Waals surface area contributed by atoms with E-state index < -0.39 is 0 Å². The molecule has 23 heavy (non-hydrogen) atoms. The van der Waals surface area contributed by atoms with Crippen LogP contribution < -0.4 is 0 Å². The first-order chi connectivity index (χ1) is 11.1. The van der Waals surface area contributed by atoms with Crippen LogP contribution in [0.5, 0.6) is 5.75 Å². The molecule has 0 unspecified atom stereocenters. The van der Waals surface area contributed by atoms with Crippen molar-refractivity contribution in [2.75, 3.05) is 13.1 Å². The predicted octanol–water partition coefficient (Wildman–Crippen LogP) is 4.28. The van der Waals surface area contributed by atoms with Crippen molar-refractivity contribution in [2.24, 2.45) is 0 Å². The van der Waals surface area contributed by atoms with E-state index in [2.05, 4.69) is 0 Å². The first-order valence-electron chi connectivity index (χ1n) is 7.87. The molecule has 1 saturated heterocycles. The molecule has 122 valence electrons. The average molecular weight is 331 g/mol. The van der Waals surface area contributed by atoms with E-state index >= 15 is 0 Å². The van der Waals surface area contributed by atoms with Crippen LogP contribution in [0.3, 0.4) is 0 Å². The number of aryl methyl sites for hydroxylation is 1. The molecule has 4 nitrogen and oxygen atoms in total. The maximum Gasteiger partial charge on any atom is 0.410 e. The molecular weight excluding hydrogens is 310 g/mol. The van der Waals surface area contributed by atoms with Crippen LogP contribution in [0.1, 0.15) is 34.8 Å². The number of benzene rings is 1. The number of piperidine rings is 1. The van der Waals surface area contributed by atoms with Gasteiger partial charge in [-0.1, -0.05) is 30.3 Å². The lowest BCUT2D eigenvalue weighted by Crippen LogP contribution is -2.38. The van der Waals surface area contributed by atoms with Crippen molar-refractivity contribution >= 4 is 17.4 Å². The first kappa shape index (κ1) is 15.9. The largest absolute Gasteiger partial charge is 0.507 e. The van der Waals surface area contributed by atoms with Gasteiger partial charge in [0.2, 0.25) is 0 Å². The summed E-state index contributed by atoms with van der Waals surface area (Å²) in [5.74, 6) is 0.733. The SMILES string of the molecule is Cc1scc(O)c1C1CCN(C(=O)OCc2ccccc2)CC1. The van der Waals surface area contributed by atoms with Crippen molar-refractivity contribution in [1.29, 1.82) is 0 Å². The molecule has 0 atom stereocenters. The summed E-state index contributed by atoms with van der Waals surface area (Å²) in [6.45, 7) is 3.70. The fourth-order valence-electron chi connectivity index (χ4n) is 3.11. The topological polar surface area (TPSA) is 49.8 Å². The number of hydrogen-bond donors (Lipinski definition) is 1. The second-order valence-corrected chi connectivity index (χ2v) is 6.98. The molecule has 1 aromatic heterocycles. The minimum Gasteiger partial charge on any atom is -0.507 e. The van der Waals surface area contributed by atoms with E-state index in [-0.39, 0.29) is 6.09 Å². The number of likely N-dealkylation sites (tertiary alicyclic amines) is 1. The molecule has 0 radical (unpaired) electrons. The lowest BCUT2D eigenvalue weighted by Gasteiger charge is -2.31. The number of rotatable bonds is 3. The number of amides is 1. The molecule has 5 heteroatoms. The van der Waals surface area contributed by atoms with E-state index in [4.69, 9.17) is 4.74 Å². The van der Waals surface area contributed by atoms with Crippen LogP contribution in [0.2, 0.25) is 0 Å². The standard InChI is InChI=1S/C18H21NO3S/c1-13-17(16(20)12-23-13)15-7-9-19(10-8-15)18(21)22-11-14-5-3-2-4-6-14/h2-6,12,15,20H,7-11H2,1H3. The lowest BCUT2D eigenvalue weighted by molar-refractivity contribution is 0.0869. The minimum atomic E-state index is -0.251. The van der Waals surface area contributed by atoms with Gasteiger partial charge in [-0.2, -0.15) is 0 Å². The molecule has 0 aliphatic carbocycles. The van der Waals surface area contributed by atoms with Gasteiger partial charge in [0.25, 0.3) is 0 Å². The molecular formula is C18H21NO3S. The highest BCUT2D eigenvalue weighted by molar-refractivity contribution is 7.10. The second-order valence-electron chi connectivity index (χ2n) is 5.89. The summed E-state index contributed by atoms with van der Waals surface area (Å²) < 4.78 is 5.38. The van der Waals surface area contributed by atoms with E-state index in [1.165, 1.54) is 4.88 Å². The van der Waals surface area contributed by atoms with Gasteiger partial charge in [0, 0.05) is 28.9 Å². The summed E-state index contributed by atoms with van der Waals surface area (Å²) in [6, 6.07) is 9.70. The number of aromatic hydroxyl groups is 1. The summed E-state index contributed by atoms with van der Waals surface area (Å²) in [6.07, 6.45) is 1.48. The van der Waals surface area contributed by atoms with Crippen molar-refractivity contribution in [2.45, 2.75) is 32.3 Å². The van der Waals surface area contributed by atoms with Crippen LogP contribution >= 0.6 is 11.3 Å². The second kappa shape index (κ2) is 7.04. The first-order valence-corrected chi connectivity index (χ1v) is 8.75. The zero-order valence-electron chi connectivity index (χ0n) is 13.2. The molecule has 1 amide bonds. The number of nitrogens with zero attached hydrogens (tertiary/aromatic N) is 1. The van der Waals surface area contributed by atoms with Gasteiger partial charge in [0.15, 0.2) is 0 Å². The van der Waals surface area contributed by atoms with E-state index in [0.717, 1.165) is 24.0 Å². The highest BCUT2D eigenvalue weighted by atomic mass is 32.1. The van der Waals surface area contributed by atoms with Crippen LogP contribution in [0.15, 0.2) is 35.7 Å². The summed E-state index contributed by atoms with van der Waals surface area (Å²) >= 11 is 1.58. The Bertz CT molecular complexity index is 641. The van der Waals surface area contributed by atoms with E-state index in [0.29, 0.717) is 31.4 Å². The summed E-state index contributed by atoms with van der Waals surface area (Å²) in [4.78, 5) is 15.1. The average Bonchev–Trinajstić information content (AvgIpc) is 2.92. The fourth-order valence-corrected chi connectivity index (χ4v) is 3.92. The van der Waals surface area contributed by atoms with Gasteiger partial charge in [-0.25, -0.2) is 4.79 Å². The molecule has 3 rings (SSSR count). The lowest BCUT2D eigenvalue weighted by atomic mass is 9.89. The molecule has 1 aliphatic heterocycles. The molecule has 1 aliphatic rings. The third-order valence-corrected chi connectivity index (χ3v) is 5.28. The number of ether oxygens (including phenoxy) is 1. The van der Waals surface area contributed by atoms with Gasteiger partial charge in [-0.05, 0) is 31.2 Å². The van der Waals surface area contributed by atoms with Crippen LogP contribution in [0, 0.1) is 6.92 Å². The number of thiophene rings is 1. The third kappa shape index (κ3) is 3.67. The van der Waals surface area contributed by atoms with Crippen molar-refractivity contribution in [1.82, 2.24) is 4.90 Å². The smallest absolute Gasteiger partial charge is 0.410 e. The Morgan fingerprint density at radius 3 is 2.61 bits per heavy atom. The Morgan fingerprint density at radius 2 is 2.00 bits per heavy atom. The van der Waals surface area contributed by atoms with Crippen molar-refractivity contribution in [3.63, 3.8) is 0 Å². The van der Waals surface area contributed by atoms with Gasteiger partial charge in [0.1, 0.15) is 12.4 Å². The molecule has 2 aromatic rings. The van der Waals surface area contributed by atoms with Gasteiger partial charge in [-0.3, -0.25) is 0 Å². The molecule has 0 bridgehead atoms. The van der Waals surface area contributed by atoms with E-state index in [9.17, 15) is 9.90 Å². The fraction of sp³-hybridized carbons (Fsp3) is 0.389. The Kier molecular flexibility index (Phi) is 4.86. The Morgan fingerprint density at radius 1 is 1.30 bits per heavy atom. The maximum absolute atomic E-state index is 12.2. The summed E-state index contributed by atoms with van der Waals surface area (Å²) in [5, 5.41) is 11.8. The minimum absolute atomic E-state index is 0.251. The summed E-state index contributed by atoms with van der Waals surface area (Å²) in [7, 11) is 0. The number of carbonyl (C=O) groups excluding carboxylic acids is 1. The number of carbonyl (C=O) groups is 1. The van der Waals surface area contributed by atoms with Crippen LogP contribution in [0.4, 0.5) is 4.79 Å². The van der Waals surface area contributed by atoms with Gasteiger partial charge in [0.05, 0.1) is 0 Å². The highest BCUT2D eigenvalue weighted by Gasteiger charge is 2.27. The monoisotopic (exact) mass is 331 g/mol. The van der Waals surface area contributed by atoms with E-state index in [1.54, 1.807) is 21.6 Å². The zero-order valence-corrected chi connectivity index (χ0v) is 14.0. The van der Waals surface area contributed by atoms with Crippen LogP contribution in [-0.4, -0.2) is 29.2 Å². The summed E-state index contributed by atoms with van der Waals surface area (Å²) in [5.41, 5.74) is 2.06. The predicted molar refractivity (Wildman–Crippen MR) is 90.9 cm³/mol. The quantitative estimate of drug-likeness (QED) is 0.913. The van der Waals surface area contributed by atoms with Gasteiger partial charge >= 0.3 is 6.09 Å². The molecule has 1 aromatic carbocycles. The molecule has 1 fully saturated rings. The third-order valence-electron chi connectivity index (χ3n) is 4.37. The van der Waals surface area contributed by atoms with Crippen LogP contribution in [-0.2, 0) is 11.3 Å². The van der Waals surface area contributed by atoms with Crippen LogP contribution in [0.25, 0.3) is 0 Å². The van der Waals surface area contributed by atoms with Crippen molar-refractivity contribution in [3.8, 4) is 5.75 Å². The van der Waals surface area contributed by atoms with Gasteiger partial charge in [-0.15, -0.1) is 11.3 Å². The molecule has 0 saturated carbocycles. The molecule has 2 heterocycles. The normalized spacial score (nSPS) is 15.6. The molecule has 0 spiro atoms. The number of hydrogen-bond acceptors (Lipinski definition) is 4. The Balaban J connectivity index is 1.51. The Hall–Kier alpha value is -2.01. The zero-order chi connectivity index (χ0) is 16.2. The van der Waals surface area contributed by atoms with Gasteiger partial charge < -0.3 is 14.7 Å². The van der Waals surface area contributed by atoms with Crippen molar-refractivity contribution in [3.05, 3.63) is 51.7 Å².